The van der Waals surface area contributed by atoms with Gasteiger partial charge in [-0.2, -0.15) is 0 Å². The van der Waals surface area contributed by atoms with Gasteiger partial charge >= 0.3 is 0 Å². The van der Waals surface area contributed by atoms with Crippen LogP contribution in [0.4, 0.5) is 0 Å². The van der Waals surface area contributed by atoms with E-state index in [1.54, 1.807) is 13.8 Å². The molecular weight excluding hydrogens is 118 g/mol. The molecule has 0 saturated carbocycles. The molecule has 0 N–H and O–H groups in total. The fraction of sp³-hybridized carbons (Fsp3) is 0.800. The van der Waals surface area contributed by atoms with Crippen LogP contribution in [0.2, 0.25) is 0 Å². The first-order valence-electron chi connectivity index (χ1n) is 2.72. The van der Waals surface area contributed by atoms with E-state index in [0.29, 0.717) is 0 Å². The normalized spacial score (nSPS) is 15.3. The third-order valence-electron chi connectivity index (χ3n) is 1.21. The summed E-state index contributed by atoms with van der Waals surface area (Å²) in [6.07, 6.45) is 0.777. The van der Waals surface area contributed by atoms with Gasteiger partial charge in [-0.25, -0.2) is 0 Å². The summed E-state index contributed by atoms with van der Waals surface area (Å²) in [5, 5.41) is 3.34. The number of rotatable bonds is 3. The Morgan fingerprint density at radius 2 is 2.22 bits per heavy atom. The fourth-order valence-electron chi connectivity index (χ4n) is 0.300. The smallest absolute Gasteiger partial charge is 0.123 e. The summed E-state index contributed by atoms with van der Waals surface area (Å²) in [5.41, 5.74) is 7.92. The number of nitrogens with zero attached hydrogens (tertiary/aromatic N) is 3. The van der Waals surface area contributed by atoms with Crippen LogP contribution in [0.1, 0.15) is 13.8 Å². The number of carbonyl (C=O) groups is 1. The summed E-state index contributed by atoms with van der Waals surface area (Å²) >= 11 is 0. The van der Waals surface area contributed by atoms with Gasteiger partial charge in [0, 0.05) is 16.9 Å². The third kappa shape index (κ3) is 2.72. The first-order chi connectivity index (χ1) is 4.22. The lowest BCUT2D eigenvalue weighted by molar-refractivity contribution is -0.111. The Balaban J connectivity index is 3.85. The van der Waals surface area contributed by atoms with Gasteiger partial charge in [0.2, 0.25) is 0 Å². The van der Waals surface area contributed by atoms with E-state index >= 15 is 0 Å². The van der Waals surface area contributed by atoms with Crippen molar-refractivity contribution in [2.24, 2.45) is 11.0 Å². The van der Waals surface area contributed by atoms with E-state index in [1.807, 2.05) is 0 Å². The average molecular weight is 127 g/mol. The van der Waals surface area contributed by atoms with Gasteiger partial charge in [0.1, 0.15) is 6.29 Å². The minimum absolute atomic E-state index is 0.180. The van der Waals surface area contributed by atoms with E-state index in [2.05, 4.69) is 10.0 Å². The van der Waals surface area contributed by atoms with Crippen LogP contribution in [-0.4, -0.2) is 12.3 Å². The second-order valence-corrected chi connectivity index (χ2v) is 1.94. The van der Waals surface area contributed by atoms with E-state index in [0.717, 1.165) is 6.29 Å². The second-order valence-electron chi connectivity index (χ2n) is 1.94. The first kappa shape index (κ1) is 7.98. The molecule has 50 valence electrons. The summed E-state index contributed by atoms with van der Waals surface area (Å²) < 4.78 is 0. The number of carbonyl (C=O) groups excluding carboxylic acids is 1. The van der Waals surface area contributed by atoms with E-state index in [1.165, 1.54) is 0 Å². The highest BCUT2D eigenvalue weighted by atomic mass is 16.1. The molecule has 0 heterocycles. The van der Waals surface area contributed by atoms with Gasteiger partial charge in [0.15, 0.2) is 0 Å². The van der Waals surface area contributed by atoms with Gasteiger partial charge < -0.3 is 4.79 Å². The summed E-state index contributed by atoms with van der Waals surface area (Å²) in [6, 6.07) is -0.229. The molecule has 0 aliphatic heterocycles. The van der Waals surface area contributed by atoms with Crippen molar-refractivity contribution < 1.29 is 4.79 Å². The molecule has 0 aliphatic rings. The Hall–Kier alpha value is -1.02. The van der Waals surface area contributed by atoms with E-state index in [9.17, 15) is 4.79 Å². The van der Waals surface area contributed by atoms with Gasteiger partial charge in [-0.05, 0) is 5.53 Å². The molecule has 4 heteroatoms. The zero-order valence-corrected chi connectivity index (χ0v) is 5.48. The first-order valence-corrected chi connectivity index (χ1v) is 2.72. The minimum Gasteiger partial charge on any atom is -0.303 e. The Kier molecular flexibility index (Phi) is 3.48. The van der Waals surface area contributed by atoms with Crippen molar-refractivity contribution in [1.29, 1.82) is 0 Å². The van der Waals surface area contributed by atoms with E-state index in [4.69, 9.17) is 5.53 Å². The third-order valence-corrected chi connectivity index (χ3v) is 1.21. The van der Waals surface area contributed by atoms with Crippen molar-refractivity contribution in [3.8, 4) is 0 Å². The fourth-order valence-corrected chi connectivity index (χ4v) is 0.300. The maximum atomic E-state index is 10.0. The van der Waals surface area contributed by atoms with Crippen molar-refractivity contribution in [3.63, 3.8) is 0 Å². The number of aldehydes is 1. The molecule has 0 amide bonds. The van der Waals surface area contributed by atoms with Crippen LogP contribution in [0, 0.1) is 5.92 Å². The molecule has 0 aromatic rings. The predicted molar refractivity (Wildman–Crippen MR) is 33.8 cm³/mol. The Bertz CT molecular complexity index is 139. The Morgan fingerprint density at radius 1 is 1.67 bits per heavy atom. The molecule has 2 atom stereocenters. The summed E-state index contributed by atoms with van der Waals surface area (Å²) in [6.45, 7) is 3.42. The van der Waals surface area contributed by atoms with Crippen molar-refractivity contribution in [3.05, 3.63) is 10.4 Å². The maximum absolute atomic E-state index is 10.0. The second kappa shape index (κ2) is 3.92. The molecule has 9 heavy (non-hydrogen) atoms. The largest absolute Gasteiger partial charge is 0.303 e. The van der Waals surface area contributed by atoms with Crippen LogP contribution in [0.25, 0.3) is 10.4 Å². The van der Waals surface area contributed by atoms with Gasteiger partial charge in [0.25, 0.3) is 0 Å². The predicted octanol–water partition coefficient (Wildman–Crippen LogP) is 1.52. The topological polar surface area (TPSA) is 65.8 Å². The highest BCUT2D eigenvalue weighted by molar-refractivity contribution is 5.53. The Labute approximate surface area is 53.5 Å². The molecule has 0 spiro atoms. The lowest BCUT2D eigenvalue weighted by atomic mass is 10.1. The van der Waals surface area contributed by atoms with Crippen molar-refractivity contribution in [2.45, 2.75) is 19.9 Å². The van der Waals surface area contributed by atoms with Crippen LogP contribution >= 0.6 is 0 Å². The SMILES string of the molecule is CC(C=O)C(C)N=[N+]=[N-]. The minimum atomic E-state index is -0.229. The Morgan fingerprint density at radius 3 is 2.56 bits per heavy atom. The molecule has 0 aliphatic carbocycles. The monoisotopic (exact) mass is 127 g/mol. The average Bonchev–Trinajstić information content (AvgIpc) is 1.87. The molecule has 0 saturated heterocycles. The summed E-state index contributed by atoms with van der Waals surface area (Å²) in [7, 11) is 0. The van der Waals surface area contributed by atoms with Gasteiger partial charge in [-0.15, -0.1) is 0 Å². The quantitative estimate of drug-likeness (QED) is 0.245. The molecule has 0 bridgehead atoms. The van der Waals surface area contributed by atoms with Crippen molar-refractivity contribution in [2.75, 3.05) is 0 Å². The molecule has 0 aromatic carbocycles. The van der Waals surface area contributed by atoms with Crippen molar-refractivity contribution >= 4 is 6.29 Å². The van der Waals surface area contributed by atoms with E-state index in [-0.39, 0.29) is 12.0 Å². The molecular formula is C5H9N3O. The molecule has 2 unspecified atom stereocenters. The molecule has 0 aromatic heterocycles. The van der Waals surface area contributed by atoms with Crippen LogP contribution in [0.3, 0.4) is 0 Å². The lowest BCUT2D eigenvalue weighted by Crippen LogP contribution is -2.11. The van der Waals surface area contributed by atoms with Crippen LogP contribution in [-0.2, 0) is 4.79 Å². The van der Waals surface area contributed by atoms with Crippen molar-refractivity contribution in [1.82, 2.24) is 0 Å². The molecule has 0 rings (SSSR count). The van der Waals surface area contributed by atoms with E-state index < -0.39 is 0 Å². The zero-order valence-electron chi connectivity index (χ0n) is 5.48. The zero-order chi connectivity index (χ0) is 7.28. The van der Waals surface area contributed by atoms with Gasteiger partial charge in [-0.3, -0.25) is 0 Å². The standard InChI is InChI=1S/C5H9N3O/c1-4(3-9)5(2)7-8-6/h3-5H,1-2H3. The molecule has 0 fully saturated rings. The summed E-state index contributed by atoms with van der Waals surface area (Å²) in [5.74, 6) is -0.180. The van der Waals surface area contributed by atoms with Crippen LogP contribution in [0.15, 0.2) is 5.11 Å². The molecule has 4 nitrogen and oxygen atoms in total. The lowest BCUT2D eigenvalue weighted by Gasteiger charge is -2.04. The number of hydrogen-bond donors (Lipinski definition) is 0. The maximum Gasteiger partial charge on any atom is 0.123 e. The number of azide groups is 1. The van der Waals surface area contributed by atoms with Crippen LogP contribution < -0.4 is 0 Å². The highest BCUT2D eigenvalue weighted by Crippen LogP contribution is 2.02. The molecule has 0 radical (unpaired) electrons. The summed E-state index contributed by atoms with van der Waals surface area (Å²) in [4.78, 5) is 12.6. The van der Waals surface area contributed by atoms with Gasteiger partial charge in [0.05, 0.1) is 0 Å². The highest BCUT2D eigenvalue weighted by Gasteiger charge is 2.06. The number of hydrogen-bond acceptors (Lipinski definition) is 2. The van der Waals surface area contributed by atoms with Crippen LogP contribution in [0.5, 0.6) is 0 Å². The van der Waals surface area contributed by atoms with Gasteiger partial charge in [-0.1, -0.05) is 19.0 Å².